The SMILES string of the molecule is Cc1ccc(S(=O)(=O)N2CCC3(CC2)C[C@H](N2CCOCC2)CO3)cc1. The van der Waals surface area contributed by atoms with Crippen molar-refractivity contribution in [3.05, 3.63) is 29.8 Å². The minimum Gasteiger partial charge on any atom is -0.379 e. The maximum absolute atomic E-state index is 12.9. The van der Waals surface area contributed by atoms with Crippen LogP contribution in [0.15, 0.2) is 29.2 Å². The molecule has 0 radical (unpaired) electrons. The largest absolute Gasteiger partial charge is 0.379 e. The van der Waals surface area contributed by atoms with Gasteiger partial charge in [-0.3, -0.25) is 4.90 Å². The summed E-state index contributed by atoms with van der Waals surface area (Å²) in [4.78, 5) is 2.85. The summed E-state index contributed by atoms with van der Waals surface area (Å²) in [5, 5.41) is 0. The normalized spacial score (nSPS) is 27.8. The van der Waals surface area contributed by atoms with Gasteiger partial charge in [-0.05, 0) is 38.3 Å². The lowest BCUT2D eigenvalue weighted by Gasteiger charge is -2.38. The maximum atomic E-state index is 12.9. The number of hydrogen-bond acceptors (Lipinski definition) is 5. The fourth-order valence-electron chi connectivity index (χ4n) is 4.34. The molecule has 144 valence electrons. The number of benzene rings is 1. The van der Waals surface area contributed by atoms with Crippen molar-refractivity contribution in [2.45, 2.75) is 42.7 Å². The first-order chi connectivity index (χ1) is 12.5. The van der Waals surface area contributed by atoms with E-state index in [2.05, 4.69) is 4.90 Å². The number of ether oxygens (including phenoxy) is 2. The molecule has 3 heterocycles. The molecule has 1 atom stereocenters. The van der Waals surface area contributed by atoms with Crippen molar-refractivity contribution in [2.75, 3.05) is 46.0 Å². The Labute approximate surface area is 156 Å². The van der Waals surface area contributed by atoms with E-state index in [9.17, 15) is 8.42 Å². The molecule has 4 rings (SSSR count). The van der Waals surface area contributed by atoms with E-state index in [0.29, 0.717) is 24.0 Å². The Hall–Kier alpha value is -0.990. The Morgan fingerprint density at radius 1 is 1.04 bits per heavy atom. The van der Waals surface area contributed by atoms with Crippen LogP contribution in [0.1, 0.15) is 24.8 Å². The van der Waals surface area contributed by atoms with Gasteiger partial charge in [0.1, 0.15) is 0 Å². The van der Waals surface area contributed by atoms with E-state index in [-0.39, 0.29) is 5.60 Å². The first-order valence-electron chi connectivity index (χ1n) is 9.51. The molecule has 0 saturated carbocycles. The fraction of sp³-hybridized carbons (Fsp3) is 0.684. The Morgan fingerprint density at radius 3 is 2.35 bits per heavy atom. The van der Waals surface area contributed by atoms with Crippen LogP contribution in [-0.2, 0) is 19.5 Å². The second-order valence-corrected chi connectivity index (χ2v) is 9.66. The Kier molecular flexibility index (Phi) is 5.09. The Bertz CT molecular complexity index is 720. The summed E-state index contributed by atoms with van der Waals surface area (Å²) in [7, 11) is -3.41. The van der Waals surface area contributed by atoms with E-state index in [1.165, 1.54) is 0 Å². The number of aryl methyl sites for hydroxylation is 1. The highest BCUT2D eigenvalue weighted by atomic mass is 32.2. The second kappa shape index (κ2) is 7.20. The average Bonchev–Trinajstić information content (AvgIpc) is 3.07. The van der Waals surface area contributed by atoms with Crippen LogP contribution in [0.5, 0.6) is 0 Å². The smallest absolute Gasteiger partial charge is 0.243 e. The summed E-state index contributed by atoms with van der Waals surface area (Å²) < 4.78 is 39.0. The van der Waals surface area contributed by atoms with Gasteiger partial charge in [-0.2, -0.15) is 4.31 Å². The molecule has 3 fully saturated rings. The number of sulfonamides is 1. The highest BCUT2D eigenvalue weighted by molar-refractivity contribution is 7.89. The monoisotopic (exact) mass is 380 g/mol. The summed E-state index contributed by atoms with van der Waals surface area (Å²) in [6.45, 7) is 7.32. The third-order valence-corrected chi connectivity index (χ3v) is 7.96. The van der Waals surface area contributed by atoms with E-state index in [4.69, 9.17) is 9.47 Å². The lowest BCUT2D eigenvalue weighted by molar-refractivity contribution is -0.0328. The predicted octanol–water partition coefficient (Wildman–Crippen LogP) is 1.64. The molecule has 1 spiro atoms. The van der Waals surface area contributed by atoms with Crippen LogP contribution in [-0.4, -0.2) is 75.3 Å². The van der Waals surface area contributed by atoms with Gasteiger partial charge in [-0.25, -0.2) is 8.42 Å². The lowest BCUT2D eigenvalue weighted by Crippen LogP contribution is -2.48. The Morgan fingerprint density at radius 2 is 1.69 bits per heavy atom. The molecular weight excluding hydrogens is 352 g/mol. The van der Waals surface area contributed by atoms with Crippen LogP contribution in [0.2, 0.25) is 0 Å². The van der Waals surface area contributed by atoms with Crippen LogP contribution >= 0.6 is 0 Å². The van der Waals surface area contributed by atoms with Crippen molar-refractivity contribution in [3.63, 3.8) is 0 Å². The van der Waals surface area contributed by atoms with Gasteiger partial charge in [-0.15, -0.1) is 0 Å². The second-order valence-electron chi connectivity index (χ2n) is 7.72. The molecule has 0 N–H and O–H groups in total. The average molecular weight is 381 g/mol. The molecule has 6 nitrogen and oxygen atoms in total. The molecule has 0 aromatic heterocycles. The minimum absolute atomic E-state index is 0.151. The number of piperidine rings is 1. The topological polar surface area (TPSA) is 59.1 Å². The summed E-state index contributed by atoms with van der Waals surface area (Å²) in [6, 6.07) is 7.56. The lowest BCUT2D eigenvalue weighted by atomic mass is 9.88. The molecular formula is C19H28N2O4S. The van der Waals surface area contributed by atoms with Gasteiger partial charge in [0.25, 0.3) is 0 Å². The highest BCUT2D eigenvalue weighted by Crippen LogP contribution is 2.39. The van der Waals surface area contributed by atoms with Gasteiger partial charge in [-0.1, -0.05) is 17.7 Å². The van der Waals surface area contributed by atoms with Gasteiger partial charge < -0.3 is 9.47 Å². The zero-order chi connectivity index (χ0) is 18.2. The van der Waals surface area contributed by atoms with Gasteiger partial charge in [0, 0.05) is 32.2 Å². The summed E-state index contributed by atoms with van der Waals surface area (Å²) in [5.74, 6) is 0. The van der Waals surface area contributed by atoms with E-state index in [1.54, 1.807) is 16.4 Å². The van der Waals surface area contributed by atoms with Crippen LogP contribution in [0, 0.1) is 6.92 Å². The highest BCUT2D eigenvalue weighted by Gasteiger charge is 2.46. The molecule has 26 heavy (non-hydrogen) atoms. The molecule has 1 aromatic rings. The first kappa shape index (κ1) is 18.4. The quantitative estimate of drug-likeness (QED) is 0.798. The van der Waals surface area contributed by atoms with Gasteiger partial charge >= 0.3 is 0 Å². The van der Waals surface area contributed by atoms with Gasteiger partial charge in [0.2, 0.25) is 10.0 Å². The van der Waals surface area contributed by atoms with E-state index >= 15 is 0 Å². The predicted molar refractivity (Wildman–Crippen MR) is 98.7 cm³/mol. The minimum atomic E-state index is -3.41. The zero-order valence-electron chi connectivity index (χ0n) is 15.4. The molecule has 0 amide bonds. The molecule has 3 aliphatic rings. The van der Waals surface area contributed by atoms with E-state index in [1.807, 2.05) is 19.1 Å². The van der Waals surface area contributed by atoms with E-state index < -0.39 is 10.0 Å². The Balaban J connectivity index is 1.39. The van der Waals surface area contributed by atoms with Crippen LogP contribution in [0.3, 0.4) is 0 Å². The standard InChI is InChI=1S/C19H28N2O4S/c1-16-2-4-18(5-3-16)26(22,23)21-8-6-19(7-9-21)14-17(15-25-19)20-10-12-24-13-11-20/h2-5,17H,6-15H2,1H3/t17-/m0/s1. The molecule has 3 aliphatic heterocycles. The van der Waals surface area contributed by atoms with Crippen molar-refractivity contribution in [3.8, 4) is 0 Å². The van der Waals surface area contributed by atoms with Gasteiger partial charge in [0.05, 0.1) is 30.3 Å². The van der Waals surface area contributed by atoms with Crippen molar-refractivity contribution in [1.82, 2.24) is 9.21 Å². The molecule has 0 unspecified atom stereocenters. The fourth-order valence-corrected chi connectivity index (χ4v) is 5.78. The molecule has 0 bridgehead atoms. The zero-order valence-corrected chi connectivity index (χ0v) is 16.2. The molecule has 3 saturated heterocycles. The first-order valence-corrected chi connectivity index (χ1v) is 11.0. The number of morpholine rings is 1. The molecule has 7 heteroatoms. The van der Waals surface area contributed by atoms with Crippen molar-refractivity contribution < 1.29 is 17.9 Å². The van der Waals surface area contributed by atoms with Crippen molar-refractivity contribution in [1.29, 1.82) is 0 Å². The number of rotatable bonds is 3. The molecule has 0 aliphatic carbocycles. The van der Waals surface area contributed by atoms with Crippen LogP contribution < -0.4 is 0 Å². The number of hydrogen-bond donors (Lipinski definition) is 0. The van der Waals surface area contributed by atoms with Gasteiger partial charge in [0.15, 0.2) is 0 Å². The summed E-state index contributed by atoms with van der Waals surface area (Å²) >= 11 is 0. The third-order valence-electron chi connectivity index (χ3n) is 6.04. The maximum Gasteiger partial charge on any atom is 0.243 e. The number of nitrogens with zero attached hydrogens (tertiary/aromatic N) is 2. The molecule has 1 aromatic carbocycles. The summed E-state index contributed by atoms with van der Waals surface area (Å²) in [6.07, 6.45) is 2.56. The van der Waals surface area contributed by atoms with Crippen LogP contribution in [0.25, 0.3) is 0 Å². The van der Waals surface area contributed by atoms with E-state index in [0.717, 1.165) is 57.7 Å². The van der Waals surface area contributed by atoms with Crippen LogP contribution in [0.4, 0.5) is 0 Å². The van der Waals surface area contributed by atoms with Crippen molar-refractivity contribution in [2.24, 2.45) is 0 Å². The van der Waals surface area contributed by atoms with Crippen molar-refractivity contribution >= 4 is 10.0 Å². The summed E-state index contributed by atoms with van der Waals surface area (Å²) in [5.41, 5.74) is 0.914. The third kappa shape index (κ3) is 3.55.